The lowest BCUT2D eigenvalue weighted by Gasteiger charge is -2.08. The number of hydrogen-bond donors (Lipinski definition) is 2. The van der Waals surface area contributed by atoms with Gasteiger partial charge in [-0.05, 0) is 17.7 Å². The van der Waals surface area contributed by atoms with Crippen LogP contribution < -0.4 is 9.47 Å². The number of phenols is 1. The number of rotatable bonds is 3. The second-order valence-corrected chi connectivity index (χ2v) is 2.42. The third kappa shape index (κ3) is 1.72. The van der Waals surface area contributed by atoms with Gasteiger partial charge in [0, 0.05) is 6.21 Å². The van der Waals surface area contributed by atoms with E-state index in [1.807, 2.05) is 0 Å². The van der Waals surface area contributed by atoms with Crippen molar-refractivity contribution in [2.24, 2.45) is 0 Å². The maximum atomic E-state index is 9.48. The van der Waals surface area contributed by atoms with E-state index >= 15 is 0 Å². The molecule has 2 N–H and O–H groups in total. The molecule has 0 heterocycles. The van der Waals surface area contributed by atoms with Gasteiger partial charge in [0.15, 0.2) is 11.5 Å². The molecule has 4 heteroatoms. The van der Waals surface area contributed by atoms with Crippen molar-refractivity contribution in [2.45, 2.75) is 0 Å². The molecule has 0 radical (unpaired) electrons. The van der Waals surface area contributed by atoms with Crippen LogP contribution in [0.3, 0.4) is 0 Å². The van der Waals surface area contributed by atoms with Gasteiger partial charge < -0.3 is 20.0 Å². The Morgan fingerprint density at radius 3 is 2.00 bits per heavy atom. The van der Waals surface area contributed by atoms with Crippen molar-refractivity contribution >= 4 is 6.21 Å². The number of ether oxygens (including phenoxy) is 2. The highest BCUT2D eigenvalue weighted by Crippen LogP contribution is 2.36. The summed E-state index contributed by atoms with van der Waals surface area (Å²) in [5.41, 5.74) is 0.617. The molecular formula is C9H11NO3. The molecule has 1 aromatic rings. The van der Waals surface area contributed by atoms with Crippen molar-refractivity contribution in [1.29, 1.82) is 5.41 Å². The van der Waals surface area contributed by atoms with Crippen molar-refractivity contribution < 1.29 is 14.6 Å². The van der Waals surface area contributed by atoms with Crippen LogP contribution in [-0.4, -0.2) is 25.5 Å². The zero-order valence-corrected chi connectivity index (χ0v) is 7.50. The SMILES string of the molecule is COc1cc(C=N)cc(OC)c1O. The van der Waals surface area contributed by atoms with Crippen molar-refractivity contribution in [1.82, 2.24) is 0 Å². The smallest absolute Gasteiger partial charge is 0.200 e. The van der Waals surface area contributed by atoms with Gasteiger partial charge in [-0.3, -0.25) is 0 Å². The summed E-state index contributed by atoms with van der Waals surface area (Å²) in [6.45, 7) is 0. The van der Waals surface area contributed by atoms with E-state index in [-0.39, 0.29) is 5.75 Å². The summed E-state index contributed by atoms with van der Waals surface area (Å²) >= 11 is 0. The number of nitrogens with one attached hydrogen (secondary N) is 1. The highest BCUT2D eigenvalue weighted by molar-refractivity contribution is 5.80. The molecule has 13 heavy (non-hydrogen) atoms. The molecule has 0 aromatic heterocycles. The van der Waals surface area contributed by atoms with Gasteiger partial charge in [-0.1, -0.05) is 0 Å². The predicted molar refractivity (Wildman–Crippen MR) is 49.1 cm³/mol. The molecule has 0 saturated carbocycles. The number of hydrogen-bond acceptors (Lipinski definition) is 4. The molecule has 1 rings (SSSR count). The number of phenolic OH excluding ortho intramolecular Hbond substituents is 1. The molecule has 70 valence electrons. The Kier molecular flexibility index (Phi) is 2.74. The number of aromatic hydroxyl groups is 1. The maximum absolute atomic E-state index is 9.48. The first-order valence-electron chi connectivity index (χ1n) is 3.68. The molecule has 1 aromatic carbocycles. The molecule has 0 bridgehead atoms. The molecule has 0 unspecified atom stereocenters. The van der Waals surface area contributed by atoms with Crippen molar-refractivity contribution in [3.05, 3.63) is 17.7 Å². The van der Waals surface area contributed by atoms with E-state index in [4.69, 9.17) is 14.9 Å². The van der Waals surface area contributed by atoms with E-state index in [0.29, 0.717) is 17.1 Å². The summed E-state index contributed by atoms with van der Waals surface area (Å²) in [6, 6.07) is 3.12. The van der Waals surface area contributed by atoms with E-state index in [0.717, 1.165) is 6.21 Å². The Labute approximate surface area is 76.2 Å². The third-order valence-electron chi connectivity index (χ3n) is 1.67. The number of methoxy groups -OCH3 is 2. The molecule has 0 atom stereocenters. The van der Waals surface area contributed by atoms with Crippen LogP contribution in [0.1, 0.15) is 5.56 Å². The molecule has 0 saturated heterocycles. The normalized spacial score (nSPS) is 9.38. The standard InChI is InChI=1S/C9H11NO3/c1-12-7-3-6(5-10)4-8(13-2)9(7)11/h3-5,10-11H,1-2H3. The molecule has 0 aliphatic rings. The molecular weight excluding hydrogens is 170 g/mol. The van der Waals surface area contributed by atoms with Gasteiger partial charge in [0.1, 0.15) is 0 Å². The van der Waals surface area contributed by atoms with Gasteiger partial charge in [0.25, 0.3) is 0 Å². The summed E-state index contributed by atoms with van der Waals surface area (Å²) in [4.78, 5) is 0. The summed E-state index contributed by atoms with van der Waals surface area (Å²) in [5, 5.41) is 16.5. The molecule has 0 spiro atoms. The molecule has 4 nitrogen and oxygen atoms in total. The van der Waals surface area contributed by atoms with E-state index in [9.17, 15) is 5.11 Å². The zero-order valence-electron chi connectivity index (χ0n) is 7.50. The number of benzene rings is 1. The fourth-order valence-corrected chi connectivity index (χ4v) is 0.997. The molecule has 0 aliphatic carbocycles. The maximum Gasteiger partial charge on any atom is 0.200 e. The van der Waals surface area contributed by atoms with E-state index in [2.05, 4.69) is 0 Å². The van der Waals surface area contributed by atoms with Crippen LogP contribution in [0.5, 0.6) is 17.2 Å². The lowest BCUT2D eigenvalue weighted by molar-refractivity contribution is 0.340. The van der Waals surface area contributed by atoms with Crippen molar-refractivity contribution in [2.75, 3.05) is 14.2 Å². The van der Waals surface area contributed by atoms with E-state index in [1.165, 1.54) is 14.2 Å². The summed E-state index contributed by atoms with van der Waals surface area (Å²) in [7, 11) is 2.89. The zero-order chi connectivity index (χ0) is 9.84. The minimum atomic E-state index is -0.0457. The fraction of sp³-hybridized carbons (Fsp3) is 0.222. The Balaban J connectivity index is 3.28. The van der Waals surface area contributed by atoms with Crippen LogP contribution >= 0.6 is 0 Å². The van der Waals surface area contributed by atoms with Crippen LogP contribution in [0.2, 0.25) is 0 Å². The highest BCUT2D eigenvalue weighted by atomic mass is 16.5. The Hall–Kier alpha value is -1.71. The molecule has 0 amide bonds. The van der Waals surface area contributed by atoms with Crippen LogP contribution in [-0.2, 0) is 0 Å². The molecule has 0 fully saturated rings. The second-order valence-electron chi connectivity index (χ2n) is 2.42. The quantitative estimate of drug-likeness (QED) is 0.693. The lowest BCUT2D eigenvalue weighted by Crippen LogP contribution is -1.91. The Bertz CT molecular complexity index is 298. The second kappa shape index (κ2) is 3.80. The van der Waals surface area contributed by atoms with Gasteiger partial charge in [-0.15, -0.1) is 0 Å². The van der Waals surface area contributed by atoms with Gasteiger partial charge in [-0.2, -0.15) is 0 Å². The average Bonchev–Trinajstić information content (AvgIpc) is 2.18. The third-order valence-corrected chi connectivity index (χ3v) is 1.67. The molecule has 0 aliphatic heterocycles. The fourth-order valence-electron chi connectivity index (χ4n) is 0.997. The van der Waals surface area contributed by atoms with Crippen LogP contribution in [0.25, 0.3) is 0 Å². The highest BCUT2D eigenvalue weighted by Gasteiger charge is 2.09. The lowest BCUT2D eigenvalue weighted by atomic mass is 10.2. The Morgan fingerprint density at radius 2 is 1.69 bits per heavy atom. The monoisotopic (exact) mass is 181 g/mol. The first-order valence-corrected chi connectivity index (χ1v) is 3.68. The van der Waals surface area contributed by atoms with Crippen molar-refractivity contribution in [3.63, 3.8) is 0 Å². The average molecular weight is 181 g/mol. The predicted octanol–water partition coefficient (Wildman–Crippen LogP) is 1.41. The largest absolute Gasteiger partial charge is 0.502 e. The van der Waals surface area contributed by atoms with Gasteiger partial charge in [0.2, 0.25) is 5.75 Å². The van der Waals surface area contributed by atoms with Gasteiger partial charge in [0.05, 0.1) is 14.2 Å². The first kappa shape index (κ1) is 9.38. The topological polar surface area (TPSA) is 62.5 Å². The van der Waals surface area contributed by atoms with Gasteiger partial charge >= 0.3 is 0 Å². The first-order chi connectivity index (χ1) is 6.22. The van der Waals surface area contributed by atoms with Gasteiger partial charge in [-0.25, -0.2) is 0 Å². The van der Waals surface area contributed by atoms with Crippen LogP contribution in [0, 0.1) is 5.41 Å². The van der Waals surface area contributed by atoms with E-state index < -0.39 is 0 Å². The van der Waals surface area contributed by atoms with Crippen LogP contribution in [0.15, 0.2) is 12.1 Å². The summed E-state index contributed by atoms with van der Waals surface area (Å²) in [5.74, 6) is 0.561. The van der Waals surface area contributed by atoms with Crippen molar-refractivity contribution in [3.8, 4) is 17.2 Å². The summed E-state index contributed by atoms with van der Waals surface area (Å²) < 4.78 is 9.79. The minimum Gasteiger partial charge on any atom is -0.502 e. The Morgan fingerprint density at radius 1 is 1.23 bits per heavy atom. The summed E-state index contributed by atoms with van der Waals surface area (Å²) in [6.07, 6.45) is 1.16. The van der Waals surface area contributed by atoms with E-state index in [1.54, 1.807) is 12.1 Å². The minimum absolute atomic E-state index is 0.0457. The van der Waals surface area contributed by atoms with Crippen LogP contribution in [0.4, 0.5) is 0 Å².